The number of benzene rings is 4. The number of nitrogens with one attached hydrogen (secondary N) is 5. The van der Waals surface area contributed by atoms with Crippen LogP contribution in [0.25, 0.3) is 38.7 Å². The summed E-state index contributed by atoms with van der Waals surface area (Å²) in [6, 6.07) is 7.78. The summed E-state index contributed by atoms with van der Waals surface area (Å²) >= 11 is 0. The van der Waals surface area contributed by atoms with E-state index in [0.29, 0.717) is 67.6 Å². The van der Waals surface area contributed by atoms with E-state index in [9.17, 15) is 63.6 Å². The van der Waals surface area contributed by atoms with Gasteiger partial charge < -0.3 is 97.9 Å². The second-order valence-corrected chi connectivity index (χ2v) is 29.6. The minimum absolute atomic E-state index is 0. The number of urea groups is 1. The summed E-state index contributed by atoms with van der Waals surface area (Å²) in [5.74, 6) is -9.99. The number of aromatic hydroxyl groups is 1. The van der Waals surface area contributed by atoms with Crippen LogP contribution in [0.5, 0.6) is 11.5 Å². The van der Waals surface area contributed by atoms with Gasteiger partial charge in [-0.3, -0.25) is 48.1 Å². The third-order valence-corrected chi connectivity index (χ3v) is 21.1. The summed E-state index contributed by atoms with van der Waals surface area (Å²) in [5, 5.41) is 60.9. The van der Waals surface area contributed by atoms with Crippen LogP contribution in [-0.4, -0.2) is 178 Å². The van der Waals surface area contributed by atoms with Gasteiger partial charge >= 0.3 is 17.8 Å². The van der Waals surface area contributed by atoms with Crippen LogP contribution in [0, 0.1) is 36.5 Å². The van der Waals surface area contributed by atoms with Gasteiger partial charge in [-0.25, -0.2) is 9.78 Å². The van der Waals surface area contributed by atoms with Gasteiger partial charge in [-0.1, -0.05) is 78.3 Å². The summed E-state index contributed by atoms with van der Waals surface area (Å²) in [6.07, 6.45) is 9.10. The smallest absolute Gasteiger partial charge is 0.312 e. The number of imide groups is 1. The molecule has 108 heavy (non-hydrogen) atoms. The molecule has 1 saturated heterocycles. The van der Waals surface area contributed by atoms with Gasteiger partial charge in [0.15, 0.2) is 22.4 Å². The number of phenols is 1. The molecule has 0 saturated carbocycles. The number of hydrogen-bond acceptors (Lipinski definition) is 21. The molecule has 8 amide bonds. The van der Waals surface area contributed by atoms with E-state index in [2.05, 4.69) is 40.7 Å². The number of anilines is 3. The van der Waals surface area contributed by atoms with Gasteiger partial charge in [-0.15, -0.1) is 0 Å². The molecule has 584 valence electrons. The van der Waals surface area contributed by atoms with Crippen molar-refractivity contribution in [3.05, 3.63) is 121 Å². The first-order chi connectivity index (χ1) is 50.5. The number of nitrogens with zero attached hydrogens (tertiary/aromatic N) is 4. The predicted molar refractivity (Wildman–Crippen MR) is 401 cm³/mol. The Balaban J connectivity index is 0.0000147. The van der Waals surface area contributed by atoms with Crippen molar-refractivity contribution >= 4 is 103 Å². The molecule has 11 atom stereocenters. The van der Waals surface area contributed by atoms with Crippen LogP contribution in [0.1, 0.15) is 125 Å². The highest BCUT2D eigenvalue weighted by Crippen LogP contribution is 2.43. The average molecular weight is 1520 g/mol. The van der Waals surface area contributed by atoms with E-state index >= 15 is 4.79 Å². The Bertz CT molecular complexity index is 4550. The SMILES string of the molecule is CO[C@H]1/C=C\O[C@@]2(C)Oc3c(C)c(O)c4c(=O)c(c5oc6cc(N7CCC([N+](C)(C)Cc8ccc(NC(=O)[C@H](CCCNC(N)=O)NC(=O)[C@@H](NC(=O)CCCCCN9C(=O)C=CC9=O)C(C)C)cc8)CC7)cc(=O)c6nc5c4c3=C2O)NC(=O)/C(C)=C\C=C/[C@H](C)[C@H](O)[C@@H](C)[C@@H](O)[C@@H](C)[C@H](OC(C)=O)[C@@H]1C.[Cl-]. The van der Waals surface area contributed by atoms with Crippen LogP contribution in [0.4, 0.5) is 21.9 Å². The Morgan fingerprint density at radius 2 is 1.53 bits per heavy atom. The zero-order chi connectivity index (χ0) is 78.3. The predicted octanol–water partition coefficient (Wildman–Crippen LogP) is 3.31. The Morgan fingerprint density at radius 1 is 0.852 bits per heavy atom. The summed E-state index contributed by atoms with van der Waals surface area (Å²) in [5.41, 5.74) is 4.67. The van der Waals surface area contributed by atoms with Crippen LogP contribution in [0.2, 0.25) is 0 Å². The van der Waals surface area contributed by atoms with Crippen molar-refractivity contribution in [1.29, 1.82) is 0 Å². The Kier molecular flexibility index (Phi) is 27.4. The molecule has 0 unspecified atom stereocenters. The lowest BCUT2D eigenvalue weighted by Crippen LogP contribution is -3.00. The number of amides is 8. The van der Waals surface area contributed by atoms with Crippen molar-refractivity contribution in [2.45, 2.75) is 175 Å². The number of esters is 1. The van der Waals surface area contributed by atoms with Crippen LogP contribution in [0.3, 0.4) is 0 Å². The molecule has 0 spiro atoms. The molecule has 5 aromatic rings. The monoisotopic (exact) mass is 1520 g/mol. The lowest BCUT2D eigenvalue weighted by atomic mass is 9.78. The number of aromatic nitrogens is 1. The zero-order valence-electron chi connectivity index (χ0n) is 63.3. The Morgan fingerprint density at radius 3 is 2.17 bits per heavy atom. The zero-order valence-corrected chi connectivity index (χ0v) is 64.0. The number of quaternary nitrogens is 1. The number of ether oxygens (including phenoxy) is 4. The quantitative estimate of drug-likeness (QED) is 0.0119. The largest absolute Gasteiger partial charge is 1.00 e. The van der Waals surface area contributed by atoms with Crippen molar-refractivity contribution < 1.29 is 99.0 Å². The topological polar surface area (TPSA) is 407 Å². The highest BCUT2D eigenvalue weighted by molar-refractivity contribution is 6.17. The van der Waals surface area contributed by atoms with Crippen LogP contribution in [0.15, 0.2) is 98.7 Å². The molecule has 11 N–H and O–H groups in total. The normalized spacial score (nSPS) is 24.0. The number of methoxy groups -OCH3 is 1. The molecule has 1 fully saturated rings. The van der Waals surface area contributed by atoms with Crippen molar-refractivity contribution in [1.82, 2.24) is 25.8 Å². The lowest BCUT2D eigenvalue weighted by molar-refractivity contribution is -0.928. The number of aliphatic hydroxyl groups excluding tert-OH is 3. The number of fused-ring (bicyclic) bond motifs is 2. The molecule has 0 radical (unpaired) electrons. The van der Waals surface area contributed by atoms with Gasteiger partial charge in [-0.2, -0.15) is 0 Å². The number of carbonyl (C=O) groups is 8. The number of allylic oxidation sites excluding steroid dienone is 2. The molecule has 1 aromatic heterocycles. The van der Waals surface area contributed by atoms with E-state index in [1.54, 1.807) is 71.9 Å². The summed E-state index contributed by atoms with van der Waals surface area (Å²) in [4.78, 5) is 141. The second-order valence-electron chi connectivity index (χ2n) is 29.6. The number of hydrogen-bond donors (Lipinski definition) is 10. The van der Waals surface area contributed by atoms with Crippen LogP contribution >= 0.6 is 0 Å². The average Bonchev–Trinajstić information content (AvgIpc) is 1.55. The molecule has 9 rings (SSSR count). The van der Waals surface area contributed by atoms with Gasteiger partial charge in [0.05, 0.1) is 55.3 Å². The first-order valence-electron chi connectivity index (χ1n) is 36.3. The highest BCUT2D eigenvalue weighted by atomic mass is 35.5. The fraction of sp³-hybridized carbons (Fsp3) is 0.500. The molecule has 30 heteroatoms. The number of halogens is 1. The number of carbonyl (C=O) groups excluding carboxylic acids is 8. The van der Waals surface area contributed by atoms with Gasteiger partial charge in [0, 0.05) is 148 Å². The number of primary amides is 1. The number of phenolic OH excluding ortho intramolecular Hbond substituents is 1. The molecular formula is C78H101ClN10O19. The molecule has 29 nitrogen and oxygen atoms in total. The van der Waals surface area contributed by atoms with E-state index < -0.39 is 124 Å². The third-order valence-electron chi connectivity index (χ3n) is 21.1. The van der Waals surface area contributed by atoms with E-state index in [1.165, 1.54) is 71.4 Å². The molecule has 4 aromatic carbocycles. The number of aliphatic hydroxyl groups is 3. The molecule has 0 aliphatic carbocycles. The van der Waals surface area contributed by atoms with E-state index in [-0.39, 0.29) is 130 Å². The van der Waals surface area contributed by atoms with Gasteiger partial charge in [-0.05, 0) is 63.7 Å². The van der Waals surface area contributed by atoms with Crippen molar-refractivity contribution in [3.8, 4) is 11.5 Å². The van der Waals surface area contributed by atoms with Gasteiger partial charge in [0.2, 0.25) is 28.6 Å². The van der Waals surface area contributed by atoms with Crippen LogP contribution < -0.4 is 70.4 Å². The summed E-state index contributed by atoms with van der Waals surface area (Å²) in [6.45, 7) is 18.0. The lowest BCUT2D eigenvalue weighted by Gasteiger charge is -2.43. The molecule has 4 aliphatic heterocycles. The fourth-order valence-electron chi connectivity index (χ4n) is 14.6. The third kappa shape index (κ3) is 18.8. The number of nitrogens with two attached hydrogens (primary N) is 1. The summed E-state index contributed by atoms with van der Waals surface area (Å²) in [7, 11) is 5.68. The molecular weight excluding hydrogens is 1420 g/mol. The molecule has 5 heterocycles. The summed E-state index contributed by atoms with van der Waals surface area (Å²) < 4.78 is 31.5. The standard InChI is InChI=1S/C78H100N10O19.ClH/c1-40(2)62(83-56(91)22-15-14-16-33-87-57(92)27-28-58(87)93)76(101)82-52(21-18-32-80-77(79)102)75(100)81-49-25-23-48(24-26-49)39-88(11,12)51-29-34-86(35-30-51)50-37-53(90)63-55(38-50)106-72-64(84-63)59-60-68(96)46(8)71-61(59)73(98)78(10,107-71)104-36-31-54(103-13)43(5)70(105-47(9)89)45(7)67(95)44(6)66(94)41(3)19-17-20-42(4)74(99)85-65(72)69(60)97;/h17,19-20,23-28,31,36-38,40-41,43-45,51-52,54,62,66-67,70,94-95H,14-16,18,21-22,29-30,32-35,39H2,1-13H3,(H8-,79,80,81,82,83,84,85,90,91,92,93,96,97,98,99,100,101,102);1H/b19-17-,36-31-,42-20-;/t41-,43+,44+,45+,52-,54-,62-,66-,67+,70+,78-;/m0./s1. The molecule has 4 aliphatic rings. The first-order valence-corrected chi connectivity index (χ1v) is 36.3. The highest BCUT2D eigenvalue weighted by Gasteiger charge is 2.45. The van der Waals surface area contributed by atoms with E-state index in [1.807, 2.05) is 17.0 Å². The van der Waals surface area contributed by atoms with Crippen molar-refractivity contribution in [3.63, 3.8) is 0 Å². The van der Waals surface area contributed by atoms with Crippen molar-refractivity contribution in [2.24, 2.45) is 35.3 Å². The molecule has 4 bridgehead atoms. The maximum absolute atomic E-state index is 15.2. The number of piperidine rings is 1. The van der Waals surface area contributed by atoms with Gasteiger partial charge in [0.1, 0.15) is 47.4 Å². The fourth-order valence-corrected chi connectivity index (χ4v) is 14.6. The van der Waals surface area contributed by atoms with Crippen LogP contribution in [-0.2, 0) is 54.3 Å². The Hall–Kier alpha value is -9.94. The number of rotatable bonds is 22. The van der Waals surface area contributed by atoms with Gasteiger partial charge in [0.25, 0.3) is 17.7 Å². The van der Waals surface area contributed by atoms with E-state index in [0.717, 1.165) is 10.5 Å². The van der Waals surface area contributed by atoms with E-state index in [4.69, 9.17) is 34.1 Å². The Labute approximate surface area is 632 Å². The first kappa shape index (κ1) is 83.7. The number of unbranched alkanes of at least 4 members (excludes halogenated alkanes) is 2. The van der Waals surface area contributed by atoms with Crippen molar-refractivity contribution in [2.75, 3.05) is 62.9 Å². The minimum Gasteiger partial charge on any atom is -1.00 e. The second kappa shape index (κ2) is 35.4. The minimum atomic E-state index is -2.05. The maximum Gasteiger partial charge on any atom is 0.312 e. The maximum atomic E-state index is 15.2.